The summed E-state index contributed by atoms with van der Waals surface area (Å²) in [5.41, 5.74) is 6.45. The van der Waals surface area contributed by atoms with Crippen molar-refractivity contribution in [3.63, 3.8) is 0 Å². The highest BCUT2D eigenvalue weighted by Gasteiger charge is 2.28. The minimum atomic E-state index is -0.300. The molecule has 1 atom stereocenters. The average Bonchev–Trinajstić information content (AvgIpc) is 2.48. The molecule has 0 aliphatic carbocycles. The highest BCUT2D eigenvalue weighted by atomic mass is 35.5. The molecule has 0 saturated carbocycles. The van der Waals surface area contributed by atoms with Crippen molar-refractivity contribution in [3.05, 3.63) is 34.6 Å². The molecular formula is C16H26ClFN2O. The zero-order chi connectivity index (χ0) is 15.8. The Kier molecular flexibility index (Phi) is 8.19. The SMILES string of the molecule is CCC(CC)N(CCOC)C(CN)c1c(F)cccc1Cl. The molecule has 3 nitrogen and oxygen atoms in total. The summed E-state index contributed by atoms with van der Waals surface area (Å²) in [7, 11) is 1.67. The number of nitrogens with two attached hydrogens (primary N) is 1. The zero-order valence-corrected chi connectivity index (χ0v) is 13.9. The van der Waals surface area contributed by atoms with Crippen LogP contribution in [-0.2, 0) is 4.74 Å². The van der Waals surface area contributed by atoms with Crippen LogP contribution in [0.25, 0.3) is 0 Å². The average molecular weight is 317 g/mol. The van der Waals surface area contributed by atoms with Gasteiger partial charge in [-0.25, -0.2) is 4.39 Å². The van der Waals surface area contributed by atoms with Crippen molar-refractivity contribution in [1.29, 1.82) is 0 Å². The highest BCUT2D eigenvalue weighted by molar-refractivity contribution is 6.31. The Balaban J connectivity index is 3.16. The maximum atomic E-state index is 14.2. The van der Waals surface area contributed by atoms with E-state index in [9.17, 15) is 4.39 Å². The zero-order valence-electron chi connectivity index (χ0n) is 13.1. The monoisotopic (exact) mass is 316 g/mol. The van der Waals surface area contributed by atoms with Gasteiger partial charge < -0.3 is 10.5 Å². The molecule has 0 aliphatic rings. The van der Waals surface area contributed by atoms with E-state index in [1.54, 1.807) is 19.2 Å². The number of methoxy groups -OCH3 is 1. The first-order chi connectivity index (χ1) is 10.1. The second kappa shape index (κ2) is 9.36. The molecule has 0 fully saturated rings. The molecule has 0 aromatic heterocycles. The molecule has 0 spiro atoms. The van der Waals surface area contributed by atoms with Crippen molar-refractivity contribution < 1.29 is 9.13 Å². The summed E-state index contributed by atoms with van der Waals surface area (Å²) in [6, 6.07) is 4.85. The second-order valence-corrected chi connectivity index (χ2v) is 5.49. The van der Waals surface area contributed by atoms with Crippen LogP contribution in [0, 0.1) is 5.82 Å². The van der Waals surface area contributed by atoms with Gasteiger partial charge in [0.05, 0.1) is 12.6 Å². The van der Waals surface area contributed by atoms with Crippen LogP contribution in [0.3, 0.4) is 0 Å². The third-order valence-electron chi connectivity index (χ3n) is 3.92. The number of hydrogen-bond acceptors (Lipinski definition) is 3. The molecular weight excluding hydrogens is 291 g/mol. The van der Waals surface area contributed by atoms with Crippen LogP contribution in [0.15, 0.2) is 18.2 Å². The van der Waals surface area contributed by atoms with Gasteiger partial charge in [0, 0.05) is 36.8 Å². The molecule has 0 radical (unpaired) electrons. The lowest BCUT2D eigenvalue weighted by Crippen LogP contribution is -2.43. The molecule has 0 amide bonds. The van der Waals surface area contributed by atoms with Crippen LogP contribution < -0.4 is 5.73 Å². The Morgan fingerprint density at radius 2 is 2.00 bits per heavy atom. The molecule has 1 rings (SSSR count). The fourth-order valence-electron chi connectivity index (χ4n) is 2.80. The lowest BCUT2D eigenvalue weighted by Gasteiger charge is -2.37. The van der Waals surface area contributed by atoms with E-state index >= 15 is 0 Å². The van der Waals surface area contributed by atoms with Gasteiger partial charge in [-0.15, -0.1) is 0 Å². The molecule has 2 N–H and O–H groups in total. The molecule has 5 heteroatoms. The lowest BCUT2D eigenvalue weighted by atomic mass is 10.00. The molecule has 1 aromatic rings. The Morgan fingerprint density at radius 1 is 1.33 bits per heavy atom. The van der Waals surface area contributed by atoms with Crippen LogP contribution in [-0.4, -0.2) is 37.7 Å². The summed E-state index contributed by atoms with van der Waals surface area (Å²) < 4.78 is 19.4. The van der Waals surface area contributed by atoms with E-state index in [0.717, 1.165) is 12.8 Å². The predicted octanol–water partition coefficient (Wildman–Crippen LogP) is 3.62. The van der Waals surface area contributed by atoms with E-state index < -0.39 is 0 Å². The topological polar surface area (TPSA) is 38.5 Å². The maximum absolute atomic E-state index is 14.2. The third kappa shape index (κ3) is 4.65. The number of nitrogens with zero attached hydrogens (tertiary/aromatic N) is 1. The van der Waals surface area contributed by atoms with E-state index in [2.05, 4.69) is 18.7 Å². The smallest absolute Gasteiger partial charge is 0.129 e. The fourth-order valence-corrected chi connectivity index (χ4v) is 3.08. The quantitative estimate of drug-likeness (QED) is 0.756. The van der Waals surface area contributed by atoms with Gasteiger partial charge >= 0.3 is 0 Å². The minimum absolute atomic E-state index is 0.237. The van der Waals surface area contributed by atoms with Crippen LogP contribution in [0.4, 0.5) is 4.39 Å². The van der Waals surface area contributed by atoms with E-state index in [0.29, 0.717) is 36.3 Å². The molecule has 21 heavy (non-hydrogen) atoms. The van der Waals surface area contributed by atoms with Crippen molar-refractivity contribution >= 4 is 11.6 Å². The van der Waals surface area contributed by atoms with E-state index in [4.69, 9.17) is 22.1 Å². The van der Waals surface area contributed by atoms with Gasteiger partial charge in [-0.2, -0.15) is 0 Å². The summed E-state index contributed by atoms with van der Waals surface area (Å²) >= 11 is 6.22. The van der Waals surface area contributed by atoms with Crippen molar-refractivity contribution in [2.45, 2.75) is 38.8 Å². The Morgan fingerprint density at radius 3 is 2.48 bits per heavy atom. The number of benzene rings is 1. The minimum Gasteiger partial charge on any atom is -0.383 e. The van der Waals surface area contributed by atoms with E-state index in [1.165, 1.54) is 6.07 Å². The summed E-state index contributed by atoms with van der Waals surface area (Å²) in [4.78, 5) is 2.22. The first-order valence-electron chi connectivity index (χ1n) is 7.49. The molecule has 1 aromatic carbocycles. The highest BCUT2D eigenvalue weighted by Crippen LogP contribution is 2.31. The van der Waals surface area contributed by atoms with Gasteiger partial charge in [-0.05, 0) is 25.0 Å². The summed E-state index contributed by atoms with van der Waals surface area (Å²) in [5.74, 6) is -0.300. The summed E-state index contributed by atoms with van der Waals surface area (Å²) in [6.07, 6.45) is 1.95. The first kappa shape index (κ1) is 18.4. The molecule has 0 aliphatic heterocycles. The fraction of sp³-hybridized carbons (Fsp3) is 0.625. The maximum Gasteiger partial charge on any atom is 0.129 e. The van der Waals surface area contributed by atoms with Crippen molar-refractivity contribution in [1.82, 2.24) is 4.90 Å². The lowest BCUT2D eigenvalue weighted by molar-refractivity contribution is 0.0804. The number of ether oxygens (including phenoxy) is 1. The Hall–Kier alpha value is -0.680. The second-order valence-electron chi connectivity index (χ2n) is 5.09. The molecule has 0 heterocycles. The summed E-state index contributed by atoms with van der Waals surface area (Å²) in [6.45, 7) is 5.87. The van der Waals surface area contributed by atoms with Crippen molar-refractivity contribution in [3.8, 4) is 0 Å². The Bertz CT molecular complexity index is 406. The van der Waals surface area contributed by atoms with Crippen molar-refractivity contribution in [2.75, 3.05) is 26.8 Å². The number of hydrogen-bond donors (Lipinski definition) is 1. The van der Waals surface area contributed by atoms with Gasteiger partial charge in [0.15, 0.2) is 0 Å². The van der Waals surface area contributed by atoms with E-state index in [1.807, 2.05) is 0 Å². The molecule has 0 saturated heterocycles. The van der Waals surface area contributed by atoms with Gasteiger partial charge in [-0.1, -0.05) is 31.5 Å². The standard InChI is InChI=1S/C16H26ClFN2O/c1-4-12(5-2)20(9-10-21-3)15(11-19)16-13(17)7-6-8-14(16)18/h6-8,12,15H,4-5,9-11,19H2,1-3H3. The van der Waals surface area contributed by atoms with Crippen molar-refractivity contribution in [2.24, 2.45) is 5.73 Å². The molecule has 0 bridgehead atoms. The van der Waals surface area contributed by atoms with Gasteiger partial charge in [0.25, 0.3) is 0 Å². The van der Waals surface area contributed by atoms with Crippen LogP contribution in [0.2, 0.25) is 5.02 Å². The summed E-state index contributed by atoms with van der Waals surface area (Å²) in [5, 5.41) is 0.429. The van der Waals surface area contributed by atoms with Crippen LogP contribution >= 0.6 is 11.6 Å². The number of halogens is 2. The Labute approximate surface area is 132 Å². The first-order valence-corrected chi connectivity index (χ1v) is 7.87. The van der Waals surface area contributed by atoms with Crippen LogP contribution in [0.5, 0.6) is 0 Å². The normalized spacial score (nSPS) is 13.1. The van der Waals surface area contributed by atoms with Gasteiger partial charge in [-0.3, -0.25) is 4.90 Å². The number of rotatable bonds is 9. The largest absolute Gasteiger partial charge is 0.383 e. The van der Waals surface area contributed by atoms with Gasteiger partial charge in [0.1, 0.15) is 5.82 Å². The predicted molar refractivity (Wildman–Crippen MR) is 86.2 cm³/mol. The van der Waals surface area contributed by atoms with Crippen LogP contribution in [0.1, 0.15) is 38.3 Å². The van der Waals surface area contributed by atoms with E-state index in [-0.39, 0.29) is 11.9 Å². The molecule has 120 valence electrons. The third-order valence-corrected chi connectivity index (χ3v) is 4.25. The van der Waals surface area contributed by atoms with Gasteiger partial charge in [0.2, 0.25) is 0 Å². The molecule has 1 unspecified atom stereocenters.